The molecule has 1 atom stereocenters. The van der Waals surface area contributed by atoms with Crippen molar-refractivity contribution in [3.63, 3.8) is 0 Å². The highest BCUT2D eigenvalue weighted by Gasteiger charge is 2.54. The Balaban J connectivity index is 2.32. The van der Waals surface area contributed by atoms with Crippen molar-refractivity contribution < 1.29 is 31.5 Å². The molecule has 1 aliphatic rings. The normalized spacial score (nSPS) is 17.8. The number of alkyl halides is 3. The van der Waals surface area contributed by atoms with Crippen LogP contribution in [0.4, 0.5) is 29.3 Å². The van der Waals surface area contributed by atoms with Gasteiger partial charge in [-0.05, 0) is 32.3 Å². The fourth-order valence-electron chi connectivity index (χ4n) is 2.91. The lowest BCUT2D eigenvalue weighted by molar-refractivity contribution is -0.175. The Morgan fingerprint density at radius 3 is 2.56 bits per heavy atom. The van der Waals surface area contributed by atoms with Gasteiger partial charge in [0.1, 0.15) is 15.4 Å². The number of pyridine rings is 1. The van der Waals surface area contributed by atoms with E-state index in [4.69, 9.17) is 0 Å². The fraction of sp³-hybridized carbons (Fsp3) is 0.625. The van der Waals surface area contributed by atoms with Crippen LogP contribution < -0.4 is 10.2 Å². The van der Waals surface area contributed by atoms with Crippen LogP contribution in [0.5, 0.6) is 0 Å². The number of sulfone groups is 1. The number of nitrogens with one attached hydrogen (secondary N) is 1. The number of carboxylic acid groups (broad SMARTS) is 1. The van der Waals surface area contributed by atoms with E-state index in [0.29, 0.717) is 24.3 Å². The zero-order valence-corrected chi connectivity index (χ0v) is 16.0. The number of fused-ring (bicyclic) bond motifs is 1. The Morgan fingerprint density at radius 1 is 1.41 bits per heavy atom. The Labute approximate surface area is 155 Å². The van der Waals surface area contributed by atoms with Crippen molar-refractivity contribution in [2.24, 2.45) is 5.92 Å². The molecule has 1 unspecified atom stereocenters. The third-order valence-electron chi connectivity index (χ3n) is 4.65. The van der Waals surface area contributed by atoms with E-state index < -0.39 is 27.6 Å². The Bertz CT molecular complexity index is 825. The van der Waals surface area contributed by atoms with Crippen molar-refractivity contribution >= 4 is 27.3 Å². The molecule has 2 N–H and O–H groups in total. The summed E-state index contributed by atoms with van der Waals surface area (Å²) >= 11 is 0. The summed E-state index contributed by atoms with van der Waals surface area (Å²) in [5, 5.41) is 12.3. The number of anilines is 2. The third kappa shape index (κ3) is 4.45. The van der Waals surface area contributed by atoms with Gasteiger partial charge in [-0.3, -0.25) is 9.88 Å². The minimum Gasteiger partial charge on any atom is -0.465 e. The van der Waals surface area contributed by atoms with Crippen LogP contribution in [0.25, 0.3) is 0 Å². The molecule has 1 aromatic heterocycles. The lowest BCUT2D eigenvalue weighted by Gasteiger charge is -2.38. The number of amides is 1. The summed E-state index contributed by atoms with van der Waals surface area (Å²) in [5.74, 6) is -0.187. The van der Waals surface area contributed by atoms with E-state index in [2.05, 4.69) is 10.3 Å². The van der Waals surface area contributed by atoms with E-state index in [0.717, 1.165) is 20.0 Å². The van der Waals surface area contributed by atoms with Crippen LogP contribution in [0, 0.1) is 5.92 Å². The minimum absolute atomic E-state index is 0.0122. The molecule has 0 fully saturated rings. The number of rotatable bonds is 5. The quantitative estimate of drug-likeness (QED) is 0.776. The highest BCUT2D eigenvalue weighted by molar-refractivity contribution is 7.91. The molecule has 0 aromatic carbocycles. The summed E-state index contributed by atoms with van der Waals surface area (Å²) in [6, 6.07) is 1.30. The van der Waals surface area contributed by atoms with Crippen LogP contribution in [-0.2, 0) is 16.3 Å². The van der Waals surface area contributed by atoms with Gasteiger partial charge in [0.15, 0.2) is 0 Å². The molecule has 0 saturated heterocycles. The van der Waals surface area contributed by atoms with Crippen molar-refractivity contribution in [2.45, 2.75) is 38.9 Å². The molecule has 0 spiro atoms. The van der Waals surface area contributed by atoms with Gasteiger partial charge in [0.05, 0.1) is 29.0 Å². The lowest BCUT2D eigenvalue weighted by atomic mass is 9.98. The molecule has 152 valence electrons. The molecule has 2 rings (SSSR count). The Morgan fingerprint density at radius 2 is 2.04 bits per heavy atom. The number of aromatic nitrogens is 1. The summed E-state index contributed by atoms with van der Waals surface area (Å²) in [6.07, 6.45) is -5.12. The largest absolute Gasteiger partial charge is 0.465 e. The zero-order chi connectivity index (χ0) is 20.6. The first-order valence-electron chi connectivity index (χ1n) is 8.31. The van der Waals surface area contributed by atoms with E-state index in [1.54, 1.807) is 6.92 Å². The van der Waals surface area contributed by atoms with Gasteiger partial charge in [-0.25, -0.2) is 13.2 Å². The maximum Gasteiger partial charge on any atom is 0.412 e. The molecule has 1 aliphatic heterocycles. The van der Waals surface area contributed by atoms with Gasteiger partial charge < -0.3 is 10.4 Å². The summed E-state index contributed by atoms with van der Waals surface area (Å²) in [4.78, 5) is 15.8. The second-order valence-corrected chi connectivity index (χ2v) is 9.41. The predicted octanol–water partition coefficient (Wildman–Crippen LogP) is 2.93. The molecule has 11 heteroatoms. The van der Waals surface area contributed by atoms with E-state index in [1.807, 2.05) is 0 Å². The fourth-order valence-corrected chi connectivity index (χ4v) is 4.10. The molecule has 0 bridgehead atoms. The zero-order valence-electron chi connectivity index (χ0n) is 15.2. The number of carbonyl (C=O) groups is 1. The van der Waals surface area contributed by atoms with E-state index >= 15 is 0 Å². The minimum atomic E-state index is -4.78. The van der Waals surface area contributed by atoms with Crippen LogP contribution in [0.3, 0.4) is 0 Å². The summed E-state index contributed by atoms with van der Waals surface area (Å²) < 4.78 is 63.5. The standard InChI is InChI=1S/C16H22F3N3O4S/c1-4-27(25,26)9-10-5-12-13(20-7-10)6-11(8-21-12)22(14(23)24)15(2,3)16(17,18)19/h6,8,10,20H,4-5,7,9H2,1-3H3,(H,23,24). The smallest absolute Gasteiger partial charge is 0.412 e. The van der Waals surface area contributed by atoms with Crippen LogP contribution in [0.2, 0.25) is 0 Å². The summed E-state index contributed by atoms with van der Waals surface area (Å²) in [5.41, 5.74) is -1.96. The van der Waals surface area contributed by atoms with Crippen LogP contribution >= 0.6 is 0 Å². The maximum atomic E-state index is 13.3. The molecule has 1 amide bonds. The van der Waals surface area contributed by atoms with Crippen LogP contribution in [-0.4, -0.2) is 54.4 Å². The molecule has 0 radical (unpaired) electrons. The molecule has 27 heavy (non-hydrogen) atoms. The maximum absolute atomic E-state index is 13.3. The van der Waals surface area contributed by atoms with Crippen molar-refractivity contribution in [3.05, 3.63) is 18.0 Å². The average molecular weight is 409 g/mol. The van der Waals surface area contributed by atoms with Gasteiger partial charge in [0.25, 0.3) is 0 Å². The molecule has 1 aromatic rings. The van der Waals surface area contributed by atoms with Crippen molar-refractivity contribution in [1.29, 1.82) is 0 Å². The summed E-state index contributed by atoms with van der Waals surface area (Å²) in [6.45, 7) is 3.43. The first-order valence-corrected chi connectivity index (χ1v) is 10.1. The Hall–Kier alpha value is -2.04. The van der Waals surface area contributed by atoms with Crippen molar-refractivity contribution in [1.82, 2.24) is 4.98 Å². The summed E-state index contributed by atoms with van der Waals surface area (Å²) in [7, 11) is -3.17. The topological polar surface area (TPSA) is 99.6 Å². The highest BCUT2D eigenvalue weighted by atomic mass is 32.2. The van der Waals surface area contributed by atoms with Crippen LogP contribution in [0.1, 0.15) is 26.5 Å². The number of nitrogens with zero attached hydrogens (tertiary/aromatic N) is 2. The van der Waals surface area contributed by atoms with Gasteiger partial charge in [-0.1, -0.05) is 6.92 Å². The monoisotopic (exact) mass is 409 g/mol. The molecule has 2 heterocycles. The first-order chi connectivity index (χ1) is 12.3. The highest BCUT2D eigenvalue weighted by Crippen LogP contribution is 2.39. The lowest BCUT2D eigenvalue weighted by Crippen LogP contribution is -2.57. The van der Waals surface area contributed by atoms with E-state index in [1.165, 1.54) is 6.07 Å². The first kappa shape index (κ1) is 21.3. The van der Waals surface area contributed by atoms with E-state index in [-0.39, 0.29) is 28.0 Å². The number of hydrogen-bond acceptors (Lipinski definition) is 5. The van der Waals surface area contributed by atoms with Gasteiger partial charge in [0, 0.05) is 12.3 Å². The third-order valence-corrected chi connectivity index (χ3v) is 6.51. The second-order valence-electron chi connectivity index (χ2n) is 7.01. The molecule has 7 nitrogen and oxygen atoms in total. The van der Waals surface area contributed by atoms with Crippen molar-refractivity contribution in [3.8, 4) is 0 Å². The van der Waals surface area contributed by atoms with Crippen molar-refractivity contribution in [2.75, 3.05) is 28.3 Å². The Kier molecular flexibility index (Phi) is 5.65. The average Bonchev–Trinajstić information content (AvgIpc) is 2.53. The molecular formula is C16H22F3N3O4S. The second kappa shape index (κ2) is 7.17. The number of hydrogen-bond donors (Lipinski definition) is 2. The van der Waals surface area contributed by atoms with E-state index in [9.17, 15) is 31.5 Å². The molecule has 0 saturated carbocycles. The van der Waals surface area contributed by atoms with Crippen LogP contribution in [0.15, 0.2) is 12.3 Å². The van der Waals surface area contributed by atoms with Gasteiger partial charge in [0.2, 0.25) is 0 Å². The number of halogens is 3. The van der Waals surface area contributed by atoms with Gasteiger partial charge in [-0.2, -0.15) is 13.2 Å². The van der Waals surface area contributed by atoms with Gasteiger partial charge in [-0.15, -0.1) is 0 Å². The van der Waals surface area contributed by atoms with Gasteiger partial charge >= 0.3 is 12.3 Å². The predicted molar refractivity (Wildman–Crippen MR) is 94.9 cm³/mol. The molecule has 0 aliphatic carbocycles. The SMILES string of the molecule is CCS(=O)(=O)CC1CNc2cc(N(C(=O)O)C(C)(C)C(F)(F)F)cnc2C1. The molecular weight excluding hydrogens is 387 g/mol.